The van der Waals surface area contributed by atoms with E-state index in [1.54, 1.807) is 25.1 Å². The Labute approximate surface area is 154 Å². The molecule has 2 aromatic carbocycles. The molecule has 26 heavy (non-hydrogen) atoms. The van der Waals surface area contributed by atoms with E-state index >= 15 is 0 Å². The molecule has 0 aliphatic heterocycles. The number of amides is 1. The van der Waals surface area contributed by atoms with E-state index in [1.807, 2.05) is 45.0 Å². The van der Waals surface area contributed by atoms with Gasteiger partial charge in [0.05, 0.1) is 12.2 Å². The summed E-state index contributed by atoms with van der Waals surface area (Å²) in [4.78, 5) is 24.3. The number of benzene rings is 2. The Bertz CT molecular complexity index is 768. The van der Waals surface area contributed by atoms with Crippen molar-refractivity contribution in [3.8, 4) is 5.75 Å². The molecular weight excluding hydrogens is 330 g/mol. The average molecular weight is 355 g/mol. The molecule has 1 amide bonds. The largest absolute Gasteiger partial charge is 0.481 e. The van der Waals surface area contributed by atoms with Gasteiger partial charge in [0.1, 0.15) is 5.75 Å². The predicted octanol–water partition coefficient (Wildman–Crippen LogP) is 4.28. The quantitative estimate of drug-likeness (QED) is 0.753. The molecule has 0 saturated carbocycles. The smallest absolute Gasteiger partial charge is 0.338 e. The molecule has 0 saturated heterocycles. The monoisotopic (exact) mass is 355 g/mol. The summed E-state index contributed by atoms with van der Waals surface area (Å²) in [6.07, 6.45) is -0.0542. The van der Waals surface area contributed by atoms with Crippen LogP contribution in [0.25, 0.3) is 0 Å². The van der Waals surface area contributed by atoms with Gasteiger partial charge in [0, 0.05) is 5.69 Å². The molecular formula is C21H25NO4. The van der Waals surface area contributed by atoms with Crippen LogP contribution in [0.1, 0.15) is 41.8 Å². The van der Waals surface area contributed by atoms with Crippen LogP contribution in [0.4, 0.5) is 5.69 Å². The minimum atomic E-state index is -0.596. The fraction of sp³-hybridized carbons (Fsp3) is 0.333. The van der Waals surface area contributed by atoms with Crippen molar-refractivity contribution in [3.63, 3.8) is 0 Å². The summed E-state index contributed by atoms with van der Waals surface area (Å²) in [5.41, 5.74) is 3.03. The summed E-state index contributed by atoms with van der Waals surface area (Å²) in [7, 11) is 0. The van der Waals surface area contributed by atoms with Gasteiger partial charge in [0.25, 0.3) is 5.91 Å². The summed E-state index contributed by atoms with van der Waals surface area (Å²) in [5, 5.41) is 2.87. The molecule has 0 unspecified atom stereocenters. The van der Waals surface area contributed by atoms with Crippen molar-refractivity contribution >= 4 is 17.6 Å². The van der Waals surface area contributed by atoms with E-state index in [0.29, 0.717) is 30.0 Å². The third-order valence-electron chi connectivity index (χ3n) is 3.96. The lowest BCUT2D eigenvalue weighted by molar-refractivity contribution is -0.122. The molecule has 5 heteroatoms. The summed E-state index contributed by atoms with van der Waals surface area (Å²) in [6.45, 7) is 7.81. The van der Waals surface area contributed by atoms with E-state index in [4.69, 9.17) is 9.47 Å². The molecule has 0 heterocycles. The maximum absolute atomic E-state index is 12.6. The Morgan fingerprint density at radius 2 is 1.73 bits per heavy atom. The fourth-order valence-corrected chi connectivity index (χ4v) is 2.46. The van der Waals surface area contributed by atoms with Gasteiger partial charge in [-0.05, 0) is 63.1 Å². The van der Waals surface area contributed by atoms with Gasteiger partial charge in [-0.25, -0.2) is 4.79 Å². The SMILES string of the molecule is CCOC(=O)c1ccc(NC(=O)[C@H](CC)Oc2ccc(C)cc2)c(C)c1. The number of hydrogen-bond donors (Lipinski definition) is 1. The molecule has 0 aliphatic carbocycles. The maximum Gasteiger partial charge on any atom is 0.338 e. The lowest BCUT2D eigenvalue weighted by Crippen LogP contribution is -2.32. The first-order valence-corrected chi connectivity index (χ1v) is 8.76. The number of hydrogen-bond acceptors (Lipinski definition) is 4. The highest BCUT2D eigenvalue weighted by Crippen LogP contribution is 2.19. The van der Waals surface area contributed by atoms with Crippen LogP contribution in [0.3, 0.4) is 0 Å². The molecule has 0 aromatic heterocycles. The molecule has 0 spiro atoms. The first-order chi connectivity index (χ1) is 12.4. The van der Waals surface area contributed by atoms with Gasteiger partial charge < -0.3 is 14.8 Å². The number of rotatable bonds is 7. The molecule has 0 aliphatic rings. The van der Waals surface area contributed by atoms with Crippen LogP contribution in [-0.4, -0.2) is 24.6 Å². The summed E-state index contributed by atoms with van der Waals surface area (Å²) in [5.74, 6) is 0.0645. The standard InChI is InChI=1S/C21H25NO4/c1-5-19(26-17-10-7-14(3)8-11-17)20(23)22-18-12-9-16(13-15(18)4)21(24)25-6-2/h7-13,19H,5-6H2,1-4H3,(H,22,23)/t19-/m0/s1. The number of carbonyl (C=O) groups is 2. The molecule has 5 nitrogen and oxygen atoms in total. The zero-order valence-corrected chi connectivity index (χ0v) is 15.7. The highest BCUT2D eigenvalue weighted by molar-refractivity contribution is 5.96. The van der Waals surface area contributed by atoms with E-state index in [2.05, 4.69) is 5.32 Å². The van der Waals surface area contributed by atoms with Gasteiger partial charge in [-0.3, -0.25) is 4.79 Å². The second-order valence-corrected chi connectivity index (χ2v) is 6.07. The minimum Gasteiger partial charge on any atom is -0.481 e. The summed E-state index contributed by atoms with van der Waals surface area (Å²) in [6, 6.07) is 12.6. The molecule has 138 valence electrons. The van der Waals surface area contributed by atoms with Gasteiger partial charge >= 0.3 is 5.97 Å². The van der Waals surface area contributed by atoms with Crippen molar-refractivity contribution < 1.29 is 19.1 Å². The Balaban J connectivity index is 2.07. The van der Waals surface area contributed by atoms with E-state index in [-0.39, 0.29) is 11.9 Å². The number of ether oxygens (including phenoxy) is 2. The van der Waals surface area contributed by atoms with Crippen LogP contribution in [0.2, 0.25) is 0 Å². The number of nitrogens with one attached hydrogen (secondary N) is 1. The Morgan fingerprint density at radius 1 is 1.04 bits per heavy atom. The first kappa shape index (κ1) is 19.5. The van der Waals surface area contributed by atoms with Gasteiger partial charge in [0.15, 0.2) is 6.10 Å². The molecule has 2 aromatic rings. The summed E-state index contributed by atoms with van der Waals surface area (Å²) < 4.78 is 10.8. The molecule has 1 N–H and O–H groups in total. The zero-order valence-electron chi connectivity index (χ0n) is 15.7. The Kier molecular flexibility index (Phi) is 6.78. The molecule has 1 atom stereocenters. The molecule has 0 radical (unpaired) electrons. The van der Waals surface area contributed by atoms with E-state index in [9.17, 15) is 9.59 Å². The van der Waals surface area contributed by atoms with Gasteiger partial charge in [-0.15, -0.1) is 0 Å². The van der Waals surface area contributed by atoms with Crippen molar-refractivity contribution in [1.82, 2.24) is 0 Å². The van der Waals surface area contributed by atoms with Gasteiger partial charge in [-0.1, -0.05) is 24.6 Å². The van der Waals surface area contributed by atoms with Crippen molar-refractivity contribution in [3.05, 3.63) is 59.2 Å². The van der Waals surface area contributed by atoms with Gasteiger partial charge in [0.2, 0.25) is 0 Å². The maximum atomic E-state index is 12.6. The highest BCUT2D eigenvalue weighted by atomic mass is 16.5. The van der Waals surface area contributed by atoms with Crippen LogP contribution >= 0.6 is 0 Å². The lowest BCUT2D eigenvalue weighted by Gasteiger charge is -2.18. The first-order valence-electron chi connectivity index (χ1n) is 8.76. The zero-order chi connectivity index (χ0) is 19.1. The Morgan fingerprint density at radius 3 is 2.31 bits per heavy atom. The topological polar surface area (TPSA) is 64.6 Å². The van der Waals surface area contributed by atoms with E-state index in [1.165, 1.54) is 0 Å². The third-order valence-corrected chi connectivity index (χ3v) is 3.96. The lowest BCUT2D eigenvalue weighted by atomic mass is 10.1. The summed E-state index contributed by atoms with van der Waals surface area (Å²) >= 11 is 0. The molecule has 0 bridgehead atoms. The number of aryl methyl sites for hydroxylation is 2. The van der Waals surface area contributed by atoms with E-state index < -0.39 is 6.10 Å². The second kappa shape index (κ2) is 9.04. The molecule has 0 fully saturated rings. The van der Waals surface area contributed by atoms with Crippen molar-refractivity contribution in [2.24, 2.45) is 0 Å². The van der Waals surface area contributed by atoms with Crippen molar-refractivity contribution in [1.29, 1.82) is 0 Å². The van der Waals surface area contributed by atoms with Crippen LogP contribution < -0.4 is 10.1 Å². The van der Waals surface area contributed by atoms with Crippen LogP contribution in [-0.2, 0) is 9.53 Å². The Hall–Kier alpha value is -2.82. The van der Waals surface area contributed by atoms with E-state index in [0.717, 1.165) is 11.1 Å². The normalized spacial score (nSPS) is 11.5. The number of carbonyl (C=O) groups excluding carboxylic acids is 2. The minimum absolute atomic E-state index is 0.222. The van der Waals surface area contributed by atoms with Crippen LogP contribution in [0, 0.1) is 13.8 Å². The fourth-order valence-electron chi connectivity index (χ4n) is 2.46. The van der Waals surface area contributed by atoms with Crippen molar-refractivity contribution in [2.45, 2.75) is 40.2 Å². The number of esters is 1. The molecule has 2 rings (SSSR count). The highest BCUT2D eigenvalue weighted by Gasteiger charge is 2.19. The third kappa shape index (κ3) is 5.09. The van der Waals surface area contributed by atoms with Gasteiger partial charge in [-0.2, -0.15) is 0 Å². The van der Waals surface area contributed by atoms with Crippen molar-refractivity contribution in [2.75, 3.05) is 11.9 Å². The average Bonchev–Trinajstić information content (AvgIpc) is 2.63. The second-order valence-electron chi connectivity index (χ2n) is 6.07. The van der Waals surface area contributed by atoms with Crippen LogP contribution in [0.15, 0.2) is 42.5 Å². The number of anilines is 1. The van der Waals surface area contributed by atoms with Crippen LogP contribution in [0.5, 0.6) is 5.75 Å². The predicted molar refractivity (Wildman–Crippen MR) is 102 cm³/mol.